The van der Waals surface area contributed by atoms with Crippen molar-refractivity contribution in [3.63, 3.8) is 0 Å². The Hall–Kier alpha value is -3.21. The van der Waals surface area contributed by atoms with Gasteiger partial charge < -0.3 is 5.32 Å². The molecular weight excluding hydrogens is 302 g/mol. The lowest BCUT2D eigenvalue weighted by atomic mass is 10.1. The van der Waals surface area contributed by atoms with Crippen molar-refractivity contribution in [1.82, 2.24) is 10.2 Å². The molecule has 120 valence electrons. The average Bonchev–Trinajstić information content (AvgIpc) is 2.58. The third kappa shape index (κ3) is 3.41. The van der Waals surface area contributed by atoms with E-state index in [0.717, 1.165) is 16.7 Å². The SMILES string of the molecule is Cc1ccc(C(=O)Nc2cccc(-c3ccc(=O)[nH]n3)c2)cc1C. The first-order valence-corrected chi connectivity index (χ1v) is 7.58. The fraction of sp³-hybridized carbons (Fsp3) is 0.105. The fourth-order valence-corrected chi connectivity index (χ4v) is 2.35. The molecule has 2 N–H and O–H groups in total. The molecule has 3 aromatic rings. The van der Waals surface area contributed by atoms with Crippen LogP contribution < -0.4 is 10.9 Å². The Morgan fingerprint density at radius 2 is 1.83 bits per heavy atom. The number of hydrogen-bond acceptors (Lipinski definition) is 3. The second kappa shape index (κ2) is 6.50. The van der Waals surface area contributed by atoms with Crippen molar-refractivity contribution in [3.05, 3.63) is 81.6 Å². The number of aromatic nitrogens is 2. The number of carbonyl (C=O) groups is 1. The first-order valence-electron chi connectivity index (χ1n) is 7.58. The molecule has 1 amide bonds. The molecule has 0 aliphatic carbocycles. The van der Waals surface area contributed by atoms with Gasteiger partial charge in [0.2, 0.25) is 0 Å². The van der Waals surface area contributed by atoms with E-state index in [1.807, 2.05) is 56.3 Å². The first kappa shape index (κ1) is 15.7. The molecule has 1 heterocycles. The predicted molar refractivity (Wildman–Crippen MR) is 94.2 cm³/mol. The fourth-order valence-electron chi connectivity index (χ4n) is 2.35. The second-order valence-electron chi connectivity index (χ2n) is 5.64. The number of aromatic amines is 1. The van der Waals surface area contributed by atoms with E-state index in [4.69, 9.17) is 0 Å². The van der Waals surface area contributed by atoms with E-state index in [1.54, 1.807) is 6.07 Å². The van der Waals surface area contributed by atoms with Gasteiger partial charge in [-0.15, -0.1) is 0 Å². The van der Waals surface area contributed by atoms with E-state index in [1.165, 1.54) is 6.07 Å². The highest BCUT2D eigenvalue weighted by Crippen LogP contribution is 2.20. The molecule has 0 bridgehead atoms. The molecule has 0 saturated carbocycles. The molecule has 3 rings (SSSR count). The van der Waals surface area contributed by atoms with Crippen molar-refractivity contribution in [2.75, 3.05) is 5.32 Å². The molecule has 0 unspecified atom stereocenters. The minimum atomic E-state index is -0.252. The Labute approximate surface area is 139 Å². The molecule has 0 radical (unpaired) electrons. The summed E-state index contributed by atoms with van der Waals surface area (Å²) in [6.45, 7) is 3.99. The molecule has 24 heavy (non-hydrogen) atoms. The summed E-state index contributed by atoms with van der Waals surface area (Å²) in [4.78, 5) is 23.5. The highest BCUT2D eigenvalue weighted by atomic mass is 16.1. The number of rotatable bonds is 3. The molecule has 5 nitrogen and oxygen atoms in total. The van der Waals surface area contributed by atoms with E-state index < -0.39 is 0 Å². The standard InChI is InChI=1S/C19H17N3O2/c1-12-6-7-15(10-13(12)2)19(24)20-16-5-3-4-14(11-16)17-8-9-18(23)22-21-17/h3-11H,1-2H3,(H,20,24)(H,22,23). The first-order chi connectivity index (χ1) is 11.5. The highest BCUT2D eigenvalue weighted by Gasteiger charge is 2.08. The summed E-state index contributed by atoms with van der Waals surface area (Å²) >= 11 is 0. The van der Waals surface area contributed by atoms with E-state index in [2.05, 4.69) is 15.5 Å². The summed E-state index contributed by atoms with van der Waals surface area (Å²) in [6.07, 6.45) is 0. The Balaban J connectivity index is 1.84. The zero-order valence-corrected chi connectivity index (χ0v) is 13.5. The topological polar surface area (TPSA) is 74.8 Å². The number of nitrogens with one attached hydrogen (secondary N) is 2. The monoisotopic (exact) mass is 319 g/mol. The van der Waals surface area contributed by atoms with Crippen LogP contribution in [-0.4, -0.2) is 16.1 Å². The van der Waals surface area contributed by atoms with Crippen LogP contribution in [0.5, 0.6) is 0 Å². The van der Waals surface area contributed by atoms with Crippen LogP contribution in [0.3, 0.4) is 0 Å². The van der Waals surface area contributed by atoms with Crippen LogP contribution in [0.15, 0.2) is 59.4 Å². The van der Waals surface area contributed by atoms with E-state index >= 15 is 0 Å². The maximum Gasteiger partial charge on any atom is 0.264 e. The number of nitrogens with zero attached hydrogens (tertiary/aromatic N) is 1. The van der Waals surface area contributed by atoms with Crippen LogP contribution in [0.1, 0.15) is 21.5 Å². The zero-order valence-electron chi connectivity index (χ0n) is 13.5. The lowest BCUT2D eigenvalue weighted by molar-refractivity contribution is 0.102. The third-order valence-electron chi connectivity index (χ3n) is 3.86. The second-order valence-corrected chi connectivity index (χ2v) is 5.64. The van der Waals surface area contributed by atoms with Crippen molar-refractivity contribution in [1.29, 1.82) is 0 Å². The van der Waals surface area contributed by atoms with Crippen molar-refractivity contribution >= 4 is 11.6 Å². The minimum Gasteiger partial charge on any atom is -0.322 e. The minimum absolute atomic E-state index is 0.162. The van der Waals surface area contributed by atoms with Gasteiger partial charge in [-0.1, -0.05) is 18.2 Å². The van der Waals surface area contributed by atoms with Gasteiger partial charge in [0.1, 0.15) is 0 Å². The maximum absolute atomic E-state index is 12.4. The van der Waals surface area contributed by atoms with Crippen LogP contribution in [-0.2, 0) is 0 Å². The lowest BCUT2D eigenvalue weighted by Gasteiger charge is -2.08. The normalized spacial score (nSPS) is 10.4. The van der Waals surface area contributed by atoms with Gasteiger partial charge in [0.15, 0.2) is 0 Å². The summed E-state index contributed by atoms with van der Waals surface area (Å²) in [5.41, 5.74) is 4.71. The number of amides is 1. The lowest BCUT2D eigenvalue weighted by Crippen LogP contribution is -2.12. The highest BCUT2D eigenvalue weighted by molar-refractivity contribution is 6.04. The van der Waals surface area contributed by atoms with Crippen LogP contribution in [0.25, 0.3) is 11.3 Å². The summed E-state index contributed by atoms with van der Waals surface area (Å²) in [7, 11) is 0. The van der Waals surface area contributed by atoms with Gasteiger partial charge in [0.25, 0.3) is 11.5 Å². The summed E-state index contributed by atoms with van der Waals surface area (Å²) < 4.78 is 0. The molecule has 2 aromatic carbocycles. The van der Waals surface area contributed by atoms with E-state index in [-0.39, 0.29) is 11.5 Å². The summed E-state index contributed by atoms with van der Waals surface area (Å²) in [6, 6.07) is 16.0. The summed E-state index contributed by atoms with van der Waals surface area (Å²) in [5, 5.41) is 9.29. The van der Waals surface area contributed by atoms with Crippen molar-refractivity contribution in [2.24, 2.45) is 0 Å². The van der Waals surface area contributed by atoms with E-state index in [0.29, 0.717) is 16.9 Å². The molecule has 1 aromatic heterocycles. The number of H-pyrrole nitrogens is 1. The molecule has 0 saturated heterocycles. The van der Waals surface area contributed by atoms with Gasteiger partial charge >= 0.3 is 0 Å². The van der Waals surface area contributed by atoms with Crippen molar-refractivity contribution < 1.29 is 4.79 Å². The largest absolute Gasteiger partial charge is 0.322 e. The molecule has 5 heteroatoms. The van der Waals surface area contributed by atoms with Gasteiger partial charge in [-0.3, -0.25) is 9.59 Å². The molecule has 0 spiro atoms. The Morgan fingerprint density at radius 1 is 1.00 bits per heavy atom. The van der Waals surface area contributed by atoms with Crippen LogP contribution in [0.2, 0.25) is 0 Å². The maximum atomic E-state index is 12.4. The predicted octanol–water partition coefficient (Wildman–Crippen LogP) is 3.31. The molecule has 0 aliphatic heterocycles. The average molecular weight is 319 g/mol. The smallest absolute Gasteiger partial charge is 0.264 e. The molecule has 0 aliphatic rings. The number of aryl methyl sites for hydroxylation is 2. The van der Waals surface area contributed by atoms with Crippen molar-refractivity contribution in [3.8, 4) is 11.3 Å². The number of hydrogen-bond donors (Lipinski definition) is 2. The zero-order chi connectivity index (χ0) is 17.1. The molecule has 0 fully saturated rings. The summed E-state index contributed by atoms with van der Waals surface area (Å²) in [5.74, 6) is -0.162. The Bertz CT molecular complexity index is 940. The third-order valence-corrected chi connectivity index (χ3v) is 3.86. The van der Waals surface area contributed by atoms with E-state index in [9.17, 15) is 9.59 Å². The van der Waals surface area contributed by atoms with Crippen LogP contribution in [0, 0.1) is 13.8 Å². The number of carbonyl (C=O) groups excluding carboxylic acids is 1. The van der Waals surface area contributed by atoms with Gasteiger partial charge in [-0.2, -0.15) is 5.10 Å². The number of benzene rings is 2. The van der Waals surface area contributed by atoms with Gasteiger partial charge in [0.05, 0.1) is 5.69 Å². The molecule has 0 atom stereocenters. The van der Waals surface area contributed by atoms with Gasteiger partial charge in [-0.25, -0.2) is 5.10 Å². The molecular formula is C19H17N3O2. The van der Waals surface area contributed by atoms with Gasteiger partial charge in [-0.05, 0) is 55.3 Å². The number of anilines is 1. The Kier molecular flexibility index (Phi) is 4.24. The van der Waals surface area contributed by atoms with Crippen LogP contribution in [0.4, 0.5) is 5.69 Å². The Morgan fingerprint density at radius 3 is 2.54 bits per heavy atom. The van der Waals surface area contributed by atoms with Gasteiger partial charge in [0, 0.05) is 22.9 Å². The van der Waals surface area contributed by atoms with Crippen molar-refractivity contribution in [2.45, 2.75) is 13.8 Å². The quantitative estimate of drug-likeness (QED) is 0.778. The van der Waals surface area contributed by atoms with Crippen LogP contribution >= 0.6 is 0 Å².